The molecule has 1 radical (unpaired) electrons. The number of hydrogen-bond donors (Lipinski definition) is 1. The molecule has 1 N–H and O–H groups in total. The molecule has 0 aromatic heterocycles. The summed E-state index contributed by atoms with van der Waals surface area (Å²) < 4.78 is 0. The summed E-state index contributed by atoms with van der Waals surface area (Å²) in [6, 6.07) is 0. The molecule has 0 unspecified atom stereocenters. The SMILES string of the molecule is C[C](C)CCC(C)(C)OO. The molecular formula is C8H17O2. The summed E-state index contributed by atoms with van der Waals surface area (Å²) in [7, 11) is 0. The van der Waals surface area contributed by atoms with Crippen LogP contribution in [0.3, 0.4) is 0 Å². The van der Waals surface area contributed by atoms with E-state index in [2.05, 4.69) is 18.7 Å². The van der Waals surface area contributed by atoms with E-state index in [1.54, 1.807) is 0 Å². The molecule has 0 atom stereocenters. The van der Waals surface area contributed by atoms with Gasteiger partial charge in [0.15, 0.2) is 0 Å². The van der Waals surface area contributed by atoms with Crippen LogP contribution in [0.1, 0.15) is 40.5 Å². The first-order valence-electron chi connectivity index (χ1n) is 3.59. The Morgan fingerprint density at radius 1 is 1.40 bits per heavy atom. The van der Waals surface area contributed by atoms with Crippen LogP contribution >= 0.6 is 0 Å². The Labute approximate surface area is 63.1 Å². The molecule has 0 bridgehead atoms. The Bertz CT molecular complexity index is 87.3. The lowest BCUT2D eigenvalue weighted by atomic mass is 9.97. The molecule has 0 rings (SSSR count). The highest BCUT2D eigenvalue weighted by molar-refractivity contribution is 4.80. The summed E-state index contributed by atoms with van der Waals surface area (Å²) in [5.74, 6) is 1.37. The van der Waals surface area contributed by atoms with Gasteiger partial charge in [-0.25, -0.2) is 4.89 Å². The van der Waals surface area contributed by atoms with Crippen LogP contribution in [0.25, 0.3) is 0 Å². The maximum atomic E-state index is 8.40. The second-order valence-corrected chi connectivity index (χ2v) is 3.56. The zero-order valence-electron chi connectivity index (χ0n) is 7.27. The number of hydrogen-bond acceptors (Lipinski definition) is 2. The highest BCUT2D eigenvalue weighted by atomic mass is 17.1. The predicted molar refractivity (Wildman–Crippen MR) is 41.6 cm³/mol. The third-order valence-electron chi connectivity index (χ3n) is 1.47. The van der Waals surface area contributed by atoms with Crippen molar-refractivity contribution in [2.75, 3.05) is 0 Å². The summed E-state index contributed by atoms with van der Waals surface area (Å²) in [5.41, 5.74) is -0.392. The van der Waals surface area contributed by atoms with E-state index in [-0.39, 0.29) is 0 Å². The molecule has 10 heavy (non-hydrogen) atoms. The van der Waals surface area contributed by atoms with Gasteiger partial charge in [-0.05, 0) is 32.6 Å². The van der Waals surface area contributed by atoms with Gasteiger partial charge in [0.05, 0.1) is 5.60 Å². The van der Waals surface area contributed by atoms with Crippen molar-refractivity contribution in [3.8, 4) is 0 Å². The normalized spacial score (nSPS) is 12.6. The van der Waals surface area contributed by atoms with Crippen molar-refractivity contribution < 1.29 is 10.1 Å². The lowest BCUT2D eigenvalue weighted by molar-refractivity contribution is -0.314. The monoisotopic (exact) mass is 145 g/mol. The first-order chi connectivity index (χ1) is 4.48. The second-order valence-electron chi connectivity index (χ2n) is 3.56. The molecule has 0 aliphatic rings. The topological polar surface area (TPSA) is 29.5 Å². The fourth-order valence-corrected chi connectivity index (χ4v) is 0.597. The summed E-state index contributed by atoms with van der Waals surface area (Å²) in [4.78, 5) is 4.27. The largest absolute Gasteiger partial charge is 0.251 e. The van der Waals surface area contributed by atoms with Crippen molar-refractivity contribution in [3.63, 3.8) is 0 Å². The third-order valence-corrected chi connectivity index (χ3v) is 1.47. The molecule has 0 heterocycles. The zero-order chi connectivity index (χ0) is 8.20. The molecular weight excluding hydrogens is 128 g/mol. The van der Waals surface area contributed by atoms with Gasteiger partial charge < -0.3 is 0 Å². The molecule has 0 fully saturated rings. The van der Waals surface area contributed by atoms with E-state index in [1.807, 2.05) is 13.8 Å². The van der Waals surface area contributed by atoms with Crippen molar-refractivity contribution in [2.45, 2.75) is 46.1 Å². The van der Waals surface area contributed by atoms with E-state index >= 15 is 0 Å². The van der Waals surface area contributed by atoms with E-state index < -0.39 is 5.60 Å². The first-order valence-corrected chi connectivity index (χ1v) is 3.59. The molecule has 0 aromatic rings. The van der Waals surface area contributed by atoms with E-state index in [0.29, 0.717) is 0 Å². The maximum absolute atomic E-state index is 8.40. The van der Waals surface area contributed by atoms with Crippen molar-refractivity contribution in [1.82, 2.24) is 0 Å². The quantitative estimate of drug-likeness (QED) is 0.486. The van der Waals surface area contributed by atoms with Crippen LogP contribution in [0.5, 0.6) is 0 Å². The van der Waals surface area contributed by atoms with Gasteiger partial charge in [0.2, 0.25) is 0 Å². The van der Waals surface area contributed by atoms with Gasteiger partial charge in [-0.1, -0.05) is 13.8 Å². The minimum absolute atomic E-state index is 0.392. The molecule has 61 valence electrons. The van der Waals surface area contributed by atoms with Gasteiger partial charge in [0.1, 0.15) is 0 Å². The Morgan fingerprint density at radius 3 is 2.20 bits per heavy atom. The number of rotatable bonds is 4. The molecule has 0 saturated carbocycles. The smallest absolute Gasteiger partial charge is 0.0977 e. The lowest BCUT2D eigenvalue weighted by Crippen LogP contribution is -2.22. The average Bonchev–Trinajstić information content (AvgIpc) is 1.85. The van der Waals surface area contributed by atoms with Crippen LogP contribution in [0.2, 0.25) is 0 Å². The molecule has 0 spiro atoms. The van der Waals surface area contributed by atoms with Gasteiger partial charge in [-0.2, -0.15) is 0 Å². The molecule has 0 aromatic carbocycles. The Morgan fingerprint density at radius 2 is 1.90 bits per heavy atom. The van der Waals surface area contributed by atoms with Gasteiger partial charge in [0, 0.05) is 0 Å². The van der Waals surface area contributed by atoms with Crippen LogP contribution in [-0.2, 0) is 4.89 Å². The van der Waals surface area contributed by atoms with Crippen LogP contribution in [0.15, 0.2) is 0 Å². The van der Waals surface area contributed by atoms with Gasteiger partial charge >= 0.3 is 0 Å². The summed E-state index contributed by atoms with van der Waals surface area (Å²) >= 11 is 0. The fourth-order valence-electron chi connectivity index (χ4n) is 0.597. The Balaban J connectivity index is 3.46. The van der Waals surface area contributed by atoms with Crippen LogP contribution < -0.4 is 0 Å². The fraction of sp³-hybridized carbons (Fsp3) is 0.875. The van der Waals surface area contributed by atoms with E-state index in [4.69, 9.17) is 5.26 Å². The highest BCUT2D eigenvalue weighted by Gasteiger charge is 2.18. The van der Waals surface area contributed by atoms with Crippen LogP contribution in [-0.4, -0.2) is 10.9 Å². The van der Waals surface area contributed by atoms with Gasteiger partial charge in [0.25, 0.3) is 0 Å². The summed E-state index contributed by atoms with van der Waals surface area (Å²) in [6.45, 7) is 7.90. The van der Waals surface area contributed by atoms with Crippen molar-refractivity contribution in [2.24, 2.45) is 0 Å². The Kier molecular flexibility index (Phi) is 3.91. The molecule has 2 heteroatoms. The standard InChI is InChI=1S/C8H17O2/c1-7(2)5-6-8(3,4)10-9/h9H,5-6H2,1-4H3. The highest BCUT2D eigenvalue weighted by Crippen LogP contribution is 2.19. The summed E-state index contributed by atoms with van der Waals surface area (Å²) in [6.07, 6.45) is 1.87. The van der Waals surface area contributed by atoms with Crippen molar-refractivity contribution in [3.05, 3.63) is 5.92 Å². The summed E-state index contributed by atoms with van der Waals surface area (Å²) in [5, 5.41) is 8.40. The predicted octanol–water partition coefficient (Wildman–Crippen LogP) is 2.65. The lowest BCUT2D eigenvalue weighted by Gasteiger charge is -2.20. The minimum atomic E-state index is -0.392. The minimum Gasteiger partial charge on any atom is -0.251 e. The molecule has 2 nitrogen and oxygen atoms in total. The van der Waals surface area contributed by atoms with E-state index in [9.17, 15) is 0 Å². The molecule has 0 aliphatic carbocycles. The third kappa shape index (κ3) is 4.77. The van der Waals surface area contributed by atoms with E-state index in [0.717, 1.165) is 12.8 Å². The maximum Gasteiger partial charge on any atom is 0.0977 e. The van der Waals surface area contributed by atoms with E-state index in [1.165, 1.54) is 5.92 Å². The Hall–Kier alpha value is -0.0800. The van der Waals surface area contributed by atoms with Gasteiger partial charge in [-0.3, -0.25) is 5.26 Å². The molecule has 0 saturated heterocycles. The van der Waals surface area contributed by atoms with Gasteiger partial charge in [-0.15, -0.1) is 0 Å². The average molecular weight is 145 g/mol. The first kappa shape index (κ1) is 9.92. The molecule has 0 amide bonds. The van der Waals surface area contributed by atoms with Crippen molar-refractivity contribution >= 4 is 0 Å². The zero-order valence-corrected chi connectivity index (χ0v) is 7.27. The van der Waals surface area contributed by atoms with Crippen LogP contribution in [0.4, 0.5) is 0 Å². The second kappa shape index (κ2) is 3.94. The van der Waals surface area contributed by atoms with Crippen LogP contribution in [0, 0.1) is 5.92 Å². The molecule has 0 aliphatic heterocycles. The van der Waals surface area contributed by atoms with Crippen molar-refractivity contribution in [1.29, 1.82) is 0 Å².